The summed E-state index contributed by atoms with van der Waals surface area (Å²) in [5, 5.41) is 2.90. The van der Waals surface area contributed by atoms with Crippen LogP contribution in [-0.2, 0) is 17.9 Å². The number of carbonyl (C=O) groups excluding carboxylic acids is 1. The van der Waals surface area contributed by atoms with Crippen LogP contribution in [0.5, 0.6) is 0 Å². The third kappa shape index (κ3) is 4.89. The molecule has 2 heterocycles. The lowest BCUT2D eigenvalue weighted by Gasteiger charge is -2.30. The van der Waals surface area contributed by atoms with E-state index in [0.717, 1.165) is 48.9 Å². The van der Waals surface area contributed by atoms with Gasteiger partial charge in [0.25, 0.3) is 5.56 Å². The molecule has 1 aliphatic heterocycles. The molecule has 1 atom stereocenters. The Bertz CT molecular complexity index is 1070. The van der Waals surface area contributed by atoms with E-state index in [2.05, 4.69) is 19.2 Å². The van der Waals surface area contributed by atoms with Crippen LogP contribution in [0.15, 0.2) is 33.9 Å². The van der Waals surface area contributed by atoms with Gasteiger partial charge in [-0.15, -0.1) is 0 Å². The monoisotopic (exact) mass is 441 g/mol. The maximum Gasteiger partial charge on any atom is 0.333 e. The molecule has 1 aromatic carbocycles. The SMILES string of the molecule is CCCn1c(N)c(N2CCCCC2)c(=O)n(CC(=O)Nc2ccccc2[C@@H](C)CC)c1=O. The molecule has 1 aliphatic rings. The molecule has 1 amide bonds. The Morgan fingerprint density at radius 3 is 2.44 bits per heavy atom. The first kappa shape index (κ1) is 23.6. The number of aromatic nitrogens is 2. The summed E-state index contributed by atoms with van der Waals surface area (Å²) in [5.74, 6) is 0.0677. The highest BCUT2D eigenvalue weighted by atomic mass is 16.2. The lowest BCUT2D eigenvalue weighted by atomic mass is 9.97. The Morgan fingerprint density at radius 2 is 1.78 bits per heavy atom. The van der Waals surface area contributed by atoms with Gasteiger partial charge in [-0.2, -0.15) is 0 Å². The van der Waals surface area contributed by atoms with Crippen molar-refractivity contribution in [1.82, 2.24) is 9.13 Å². The molecule has 8 nitrogen and oxygen atoms in total. The zero-order chi connectivity index (χ0) is 23.3. The molecule has 0 saturated carbocycles. The highest BCUT2D eigenvalue weighted by Gasteiger charge is 2.24. The molecule has 0 radical (unpaired) electrons. The summed E-state index contributed by atoms with van der Waals surface area (Å²) in [6.45, 7) is 7.62. The van der Waals surface area contributed by atoms with Crippen LogP contribution in [0.3, 0.4) is 0 Å². The number of para-hydroxylation sites is 1. The Hall–Kier alpha value is -3.03. The van der Waals surface area contributed by atoms with Crippen molar-refractivity contribution in [2.24, 2.45) is 0 Å². The molecule has 0 spiro atoms. The van der Waals surface area contributed by atoms with Crippen molar-refractivity contribution in [3.05, 3.63) is 50.7 Å². The number of piperidine rings is 1. The van der Waals surface area contributed by atoms with Crippen molar-refractivity contribution in [1.29, 1.82) is 0 Å². The third-order valence-corrected chi connectivity index (χ3v) is 6.24. The average molecular weight is 442 g/mol. The fourth-order valence-corrected chi connectivity index (χ4v) is 4.29. The van der Waals surface area contributed by atoms with E-state index in [-0.39, 0.29) is 18.3 Å². The molecule has 1 saturated heterocycles. The van der Waals surface area contributed by atoms with Gasteiger partial charge in [-0.25, -0.2) is 9.36 Å². The second-order valence-corrected chi connectivity index (χ2v) is 8.55. The van der Waals surface area contributed by atoms with Gasteiger partial charge in [-0.3, -0.25) is 14.2 Å². The van der Waals surface area contributed by atoms with Gasteiger partial charge >= 0.3 is 5.69 Å². The molecule has 0 bridgehead atoms. The number of hydrogen-bond acceptors (Lipinski definition) is 5. The average Bonchev–Trinajstić information content (AvgIpc) is 2.80. The molecule has 1 aromatic heterocycles. The molecule has 0 aliphatic carbocycles. The summed E-state index contributed by atoms with van der Waals surface area (Å²) in [6, 6.07) is 7.64. The fraction of sp³-hybridized carbons (Fsp3) is 0.542. The van der Waals surface area contributed by atoms with Gasteiger partial charge in [-0.05, 0) is 49.7 Å². The van der Waals surface area contributed by atoms with Crippen molar-refractivity contribution in [3.8, 4) is 0 Å². The van der Waals surface area contributed by atoms with Gasteiger partial charge in [-0.1, -0.05) is 39.0 Å². The van der Waals surface area contributed by atoms with E-state index < -0.39 is 17.2 Å². The van der Waals surface area contributed by atoms with Gasteiger partial charge < -0.3 is 16.0 Å². The Balaban J connectivity index is 1.97. The van der Waals surface area contributed by atoms with Gasteiger partial charge in [0.1, 0.15) is 18.1 Å². The summed E-state index contributed by atoms with van der Waals surface area (Å²) in [5.41, 5.74) is 7.35. The first-order chi connectivity index (χ1) is 15.4. The van der Waals surface area contributed by atoms with Crippen LogP contribution in [-0.4, -0.2) is 28.1 Å². The van der Waals surface area contributed by atoms with Gasteiger partial charge in [0.2, 0.25) is 5.91 Å². The Morgan fingerprint density at radius 1 is 1.09 bits per heavy atom. The number of benzene rings is 1. The summed E-state index contributed by atoms with van der Waals surface area (Å²) in [7, 11) is 0. The molecular weight excluding hydrogens is 406 g/mol. The highest BCUT2D eigenvalue weighted by molar-refractivity contribution is 5.91. The van der Waals surface area contributed by atoms with E-state index in [0.29, 0.717) is 24.3 Å². The topological polar surface area (TPSA) is 102 Å². The number of rotatable bonds is 8. The van der Waals surface area contributed by atoms with Crippen molar-refractivity contribution in [2.45, 2.75) is 71.9 Å². The van der Waals surface area contributed by atoms with Crippen molar-refractivity contribution in [2.75, 3.05) is 29.0 Å². The Kier molecular flexibility index (Phi) is 7.77. The van der Waals surface area contributed by atoms with Crippen LogP contribution in [0.4, 0.5) is 17.2 Å². The number of anilines is 3. The zero-order valence-electron chi connectivity index (χ0n) is 19.4. The molecular formula is C24H35N5O3. The number of nitrogens with zero attached hydrogens (tertiary/aromatic N) is 3. The minimum absolute atomic E-state index is 0.197. The van der Waals surface area contributed by atoms with Gasteiger partial charge in [0.15, 0.2) is 0 Å². The van der Waals surface area contributed by atoms with E-state index in [1.807, 2.05) is 36.1 Å². The smallest absolute Gasteiger partial charge is 0.333 e. The van der Waals surface area contributed by atoms with Crippen LogP contribution in [0.2, 0.25) is 0 Å². The second kappa shape index (κ2) is 10.5. The van der Waals surface area contributed by atoms with Crippen LogP contribution in [0, 0.1) is 0 Å². The van der Waals surface area contributed by atoms with E-state index >= 15 is 0 Å². The largest absolute Gasteiger partial charge is 0.383 e. The second-order valence-electron chi connectivity index (χ2n) is 8.55. The van der Waals surface area contributed by atoms with E-state index in [9.17, 15) is 14.4 Å². The third-order valence-electron chi connectivity index (χ3n) is 6.24. The molecule has 1 fully saturated rings. The minimum Gasteiger partial charge on any atom is -0.383 e. The molecule has 8 heteroatoms. The van der Waals surface area contributed by atoms with Gasteiger partial charge in [0, 0.05) is 25.3 Å². The summed E-state index contributed by atoms with van der Waals surface area (Å²) >= 11 is 0. The molecule has 0 unspecified atom stereocenters. The lowest BCUT2D eigenvalue weighted by molar-refractivity contribution is -0.116. The molecule has 3 rings (SSSR count). The summed E-state index contributed by atoms with van der Waals surface area (Å²) < 4.78 is 2.45. The predicted molar refractivity (Wildman–Crippen MR) is 130 cm³/mol. The van der Waals surface area contributed by atoms with Crippen LogP contribution in [0.25, 0.3) is 0 Å². The minimum atomic E-state index is -0.541. The standard InChI is InChI=1S/C24H35N5O3/c1-4-13-28-22(25)21(27-14-9-6-10-15-27)23(31)29(24(28)32)16-20(30)26-19-12-8-7-11-18(19)17(3)5-2/h7-8,11-12,17H,4-6,9-10,13-16,25H2,1-3H3,(H,26,30)/t17-/m0/s1. The van der Waals surface area contributed by atoms with Crippen molar-refractivity contribution < 1.29 is 4.79 Å². The van der Waals surface area contributed by atoms with Gasteiger partial charge in [0.05, 0.1) is 0 Å². The highest BCUT2D eigenvalue weighted by Crippen LogP contribution is 2.26. The van der Waals surface area contributed by atoms with E-state index in [1.54, 1.807) is 0 Å². The molecule has 32 heavy (non-hydrogen) atoms. The number of hydrogen-bond donors (Lipinski definition) is 2. The lowest BCUT2D eigenvalue weighted by Crippen LogP contribution is -2.47. The Labute approximate surface area is 189 Å². The number of nitrogens with two attached hydrogens (primary N) is 1. The predicted octanol–water partition coefficient (Wildman–Crippen LogP) is 3.14. The first-order valence-corrected chi connectivity index (χ1v) is 11.7. The normalized spacial score (nSPS) is 14.9. The maximum absolute atomic E-state index is 13.3. The number of amides is 1. The van der Waals surface area contributed by atoms with E-state index in [4.69, 9.17) is 5.73 Å². The van der Waals surface area contributed by atoms with E-state index in [1.165, 1.54) is 4.57 Å². The summed E-state index contributed by atoms with van der Waals surface area (Å²) in [4.78, 5) is 41.3. The van der Waals surface area contributed by atoms with Crippen LogP contribution >= 0.6 is 0 Å². The molecule has 174 valence electrons. The fourth-order valence-electron chi connectivity index (χ4n) is 4.29. The molecule has 2 aromatic rings. The quantitative estimate of drug-likeness (QED) is 0.655. The zero-order valence-corrected chi connectivity index (χ0v) is 19.4. The van der Waals surface area contributed by atoms with Crippen molar-refractivity contribution in [3.63, 3.8) is 0 Å². The van der Waals surface area contributed by atoms with Crippen LogP contribution in [0.1, 0.15) is 64.4 Å². The maximum atomic E-state index is 13.3. The number of carbonyl (C=O) groups is 1. The first-order valence-electron chi connectivity index (χ1n) is 11.7. The summed E-state index contributed by atoms with van der Waals surface area (Å²) in [6.07, 6.45) is 4.68. The molecule has 3 N–H and O–H groups in total. The number of nitrogen functional groups attached to an aromatic ring is 1. The van der Waals surface area contributed by atoms with Crippen LogP contribution < -0.4 is 27.2 Å². The van der Waals surface area contributed by atoms with Crippen molar-refractivity contribution >= 4 is 23.1 Å². The number of nitrogens with one attached hydrogen (secondary N) is 1.